The van der Waals surface area contributed by atoms with Crippen molar-refractivity contribution in [1.29, 1.82) is 0 Å². The van der Waals surface area contributed by atoms with E-state index in [4.69, 9.17) is 5.73 Å². The van der Waals surface area contributed by atoms with Crippen LogP contribution >= 0.6 is 15.9 Å². The summed E-state index contributed by atoms with van der Waals surface area (Å²) in [5.41, 5.74) is 5.73. The van der Waals surface area contributed by atoms with Crippen LogP contribution in [0.4, 0.5) is 10.1 Å². The summed E-state index contributed by atoms with van der Waals surface area (Å²) in [6, 6.07) is 7.26. The van der Waals surface area contributed by atoms with E-state index >= 15 is 0 Å². The van der Waals surface area contributed by atoms with Gasteiger partial charge in [0.15, 0.2) is 0 Å². The number of aromatic nitrogens is 1. The zero-order valence-corrected chi connectivity index (χ0v) is 12.6. The van der Waals surface area contributed by atoms with Gasteiger partial charge in [-0.1, -0.05) is 6.07 Å². The molecule has 5 nitrogen and oxygen atoms in total. The largest absolute Gasteiger partial charge is 0.396 e. The van der Waals surface area contributed by atoms with Gasteiger partial charge < -0.3 is 5.73 Å². The fourth-order valence-electron chi connectivity index (χ4n) is 1.50. The smallest absolute Gasteiger partial charge is 0.242 e. The Morgan fingerprint density at radius 1 is 1.35 bits per heavy atom. The molecule has 2 rings (SSSR count). The Balaban J connectivity index is 2.25. The van der Waals surface area contributed by atoms with Gasteiger partial charge >= 0.3 is 0 Å². The molecule has 1 aromatic carbocycles. The van der Waals surface area contributed by atoms with Crippen LogP contribution in [-0.2, 0) is 16.6 Å². The highest BCUT2D eigenvalue weighted by atomic mass is 79.9. The van der Waals surface area contributed by atoms with E-state index < -0.39 is 15.8 Å². The second-order valence-corrected chi connectivity index (χ2v) is 6.54. The number of nitrogens with zero attached hydrogens (tertiary/aromatic N) is 1. The van der Waals surface area contributed by atoms with Crippen LogP contribution in [0.25, 0.3) is 0 Å². The highest BCUT2D eigenvalue weighted by Gasteiger charge is 2.19. The highest BCUT2D eigenvalue weighted by Crippen LogP contribution is 2.26. The summed E-state index contributed by atoms with van der Waals surface area (Å²) >= 11 is 3.01. The summed E-state index contributed by atoms with van der Waals surface area (Å²) in [5, 5.41) is 0. The maximum absolute atomic E-state index is 13.2. The number of halogens is 2. The number of pyridine rings is 1. The molecule has 3 N–H and O–H groups in total. The van der Waals surface area contributed by atoms with Crippen LogP contribution in [0.3, 0.4) is 0 Å². The number of hydrogen-bond acceptors (Lipinski definition) is 4. The van der Waals surface area contributed by atoms with Gasteiger partial charge in [0.25, 0.3) is 0 Å². The van der Waals surface area contributed by atoms with Gasteiger partial charge in [-0.25, -0.2) is 17.5 Å². The van der Waals surface area contributed by atoms with Crippen molar-refractivity contribution in [1.82, 2.24) is 9.71 Å². The maximum atomic E-state index is 13.2. The van der Waals surface area contributed by atoms with Gasteiger partial charge in [0, 0.05) is 10.7 Å². The molecule has 0 unspecified atom stereocenters. The number of nitrogens with one attached hydrogen (secondary N) is 1. The molecular formula is C12H11BrFN3O2S. The van der Waals surface area contributed by atoms with E-state index in [2.05, 4.69) is 25.6 Å². The van der Waals surface area contributed by atoms with E-state index in [1.165, 1.54) is 0 Å². The monoisotopic (exact) mass is 359 g/mol. The van der Waals surface area contributed by atoms with Gasteiger partial charge in [0.2, 0.25) is 10.0 Å². The molecule has 0 aliphatic carbocycles. The summed E-state index contributed by atoms with van der Waals surface area (Å²) in [6.07, 6.45) is 1.56. The van der Waals surface area contributed by atoms with E-state index in [0.717, 1.165) is 12.1 Å². The molecule has 0 spiro atoms. The Morgan fingerprint density at radius 3 is 2.75 bits per heavy atom. The first-order chi connectivity index (χ1) is 9.40. The van der Waals surface area contributed by atoms with Crippen LogP contribution in [0.1, 0.15) is 5.69 Å². The molecule has 106 valence electrons. The Bertz CT molecular complexity index is 723. The Labute approximate surface area is 124 Å². The number of sulfonamides is 1. The molecule has 0 radical (unpaired) electrons. The molecule has 0 saturated heterocycles. The maximum Gasteiger partial charge on any atom is 0.242 e. The zero-order valence-electron chi connectivity index (χ0n) is 10.2. The summed E-state index contributed by atoms with van der Waals surface area (Å²) in [6.45, 7) is 0.0346. The molecule has 0 bridgehead atoms. The van der Waals surface area contributed by atoms with Crippen molar-refractivity contribution in [3.05, 3.63) is 52.5 Å². The molecule has 8 heteroatoms. The third kappa shape index (κ3) is 3.33. The standard InChI is InChI=1S/C12H11BrFN3O2S/c13-9-5-10(14)11(15)6-12(9)20(18,19)17-7-8-3-1-2-4-16-8/h1-6,17H,7,15H2. The van der Waals surface area contributed by atoms with E-state index in [1.54, 1.807) is 24.4 Å². The van der Waals surface area contributed by atoms with E-state index in [9.17, 15) is 12.8 Å². The number of rotatable bonds is 4. The summed E-state index contributed by atoms with van der Waals surface area (Å²) < 4.78 is 40.0. The topological polar surface area (TPSA) is 85.1 Å². The number of benzene rings is 1. The van der Waals surface area contributed by atoms with Gasteiger partial charge in [0.05, 0.1) is 22.8 Å². The van der Waals surface area contributed by atoms with Crippen LogP contribution < -0.4 is 10.5 Å². The first-order valence-electron chi connectivity index (χ1n) is 5.54. The van der Waals surface area contributed by atoms with Crippen molar-refractivity contribution >= 4 is 31.6 Å². The zero-order chi connectivity index (χ0) is 14.8. The molecule has 0 fully saturated rings. The van der Waals surface area contributed by atoms with Gasteiger partial charge in [0.1, 0.15) is 5.82 Å². The van der Waals surface area contributed by atoms with Crippen LogP contribution in [0, 0.1) is 5.82 Å². The number of hydrogen-bond donors (Lipinski definition) is 2. The lowest BCUT2D eigenvalue weighted by molar-refractivity contribution is 0.579. The van der Waals surface area contributed by atoms with E-state index in [0.29, 0.717) is 5.69 Å². The summed E-state index contributed by atoms with van der Waals surface area (Å²) in [5.74, 6) is -0.680. The van der Waals surface area contributed by atoms with Crippen molar-refractivity contribution in [2.24, 2.45) is 0 Å². The van der Waals surface area contributed by atoms with Gasteiger partial charge in [-0.2, -0.15) is 0 Å². The first kappa shape index (κ1) is 14.9. The molecule has 0 aliphatic heterocycles. The fourth-order valence-corrected chi connectivity index (χ4v) is 3.55. The Kier molecular flexibility index (Phi) is 4.36. The third-order valence-corrected chi connectivity index (χ3v) is 4.87. The molecule has 1 aromatic heterocycles. The number of nitrogens with two attached hydrogens (primary N) is 1. The fraction of sp³-hybridized carbons (Fsp3) is 0.0833. The highest BCUT2D eigenvalue weighted by molar-refractivity contribution is 9.10. The lowest BCUT2D eigenvalue weighted by atomic mass is 10.3. The molecule has 2 aromatic rings. The molecule has 0 amide bonds. The van der Waals surface area contributed by atoms with Gasteiger partial charge in [-0.3, -0.25) is 4.98 Å². The van der Waals surface area contributed by atoms with Crippen molar-refractivity contribution in [3.63, 3.8) is 0 Å². The average molecular weight is 360 g/mol. The molecular weight excluding hydrogens is 349 g/mol. The lowest BCUT2D eigenvalue weighted by Crippen LogP contribution is -2.24. The van der Waals surface area contributed by atoms with Crippen LogP contribution in [0.15, 0.2) is 45.9 Å². The Morgan fingerprint density at radius 2 is 2.10 bits per heavy atom. The number of nitrogen functional groups attached to an aromatic ring is 1. The average Bonchev–Trinajstić information content (AvgIpc) is 2.42. The van der Waals surface area contributed by atoms with E-state index in [-0.39, 0.29) is 21.6 Å². The summed E-state index contributed by atoms with van der Waals surface area (Å²) in [4.78, 5) is 3.89. The SMILES string of the molecule is Nc1cc(S(=O)(=O)NCc2ccccn2)c(Br)cc1F. The Hall–Kier alpha value is -1.51. The van der Waals surface area contributed by atoms with Crippen molar-refractivity contribution in [2.75, 3.05) is 5.73 Å². The van der Waals surface area contributed by atoms with Crippen molar-refractivity contribution in [3.8, 4) is 0 Å². The minimum Gasteiger partial charge on any atom is -0.396 e. The quantitative estimate of drug-likeness (QED) is 0.818. The van der Waals surface area contributed by atoms with E-state index in [1.807, 2.05) is 0 Å². The normalized spacial score (nSPS) is 11.5. The minimum absolute atomic E-state index is 0.0346. The predicted octanol–water partition coefficient (Wildman–Crippen LogP) is 2.04. The predicted molar refractivity (Wildman–Crippen MR) is 76.8 cm³/mol. The molecule has 0 aliphatic rings. The van der Waals surface area contributed by atoms with Crippen LogP contribution in [0.2, 0.25) is 0 Å². The second kappa shape index (κ2) is 5.86. The third-order valence-electron chi connectivity index (χ3n) is 2.51. The lowest BCUT2D eigenvalue weighted by Gasteiger charge is -2.09. The van der Waals surface area contributed by atoms with Gasteiger partial charge in [-0.15, -0.1) is 0 Å². The number of anilines is 1. The van der Waals surface area contributed by atoms with Crippen molar-refractivity contribution in [2.45, 2.75) is 11.4 Å². The van der Waals surface area contributed by atoms with Crippen LogP contribution in [0.5, 0.6) is 0 Å². The molecule has 0 atom stereocenters. The van der Waals surface area contributed by atoms with Gasteiger partial charge in [-0.05, 0) is 40.2 Å². The minimum atomic E-state index is -3.81. The first-order valence-corrected chi connectivity index (χ1v) is 7.82. The van der Waals surface area contributed by atoms with Crippen LogP contribution in [-0.4, -0.2) is 13.4 Å². The molecule has 0 saturated carbocycles. The molecule has 1 heterocycles. The second-order valence-electron chi connectivity index (χ2n) is 3.95. The molecule has 20 heavy (non-hydrogen) atoms. The van der Waals surface area contributed by atoms with Crippen molar-refractivity contribution < 1.29 is 12.8 Å². The summed E-state index contributed by atoms with van der Waals surface area (Å²) in [7, 11) is -3.81.